The zero-order valence-electron chi connectivity index (χ0n) is 19.9. The summed E-state index contributed by atoms with van der Waals surface area (Å²) in [5.41, 5.74) is 2.26. The Morgan fingerprint density at radius 2 is 1.55 bits per heavy atom. The molecule has 0 saturated carbocycles. The summed E-state index contributed by atoms with van der Waals surface area (Å²) >= 11 is 0. The number of carbonyl (C=O) groups excluding carboxylic acids is 1. The summed E-state index contributed by atoms with van der Waals surface area (Å²) in [6.07, 6.45) is 2.01. The number of rotatable bonds is 9. The number of hydrogen-bond acceptors (Lipinski definition) is 4. The summed E-state index contributed by atoms with van der Waals surface area (Å²) in [7, 11) is -3.69. The maximum atomic E-state index is 13.3. The van der Waals surface area contributed by atoms with Gasteiger partial charge in [0.05, 0.1) is 30.7 Å². The fourth-order valence-electron chi connectivity index (χ4n) is 3.70. The molecule has 6 nitrogen and oxygen atoms in total. The monoisotopic (exact) mass is 467 g/mol. The summed E-state index contributed by atoms with van der Waals surface area (Å²) in [6.45, 7) is 9.26. The number of carbonyl (C=O) groups is 1. The molecule has 0 aliphatic heterocycles. The van der Waals surface area contributed by atoms with E-state index in [1.165, 1.54) is 0 Å². The van der Waals surface area contributed by atoms with Crippen molar-refractivity contribution in [2.45, 2.75) is 58.1 Å². The van der Waals surface area contributed by atoms with E-state index in [1.54, 1.807) is 27.8 Å². The molecule has 2 aromatic carbocycles. The van der Waals surface area contributed by atoms with E-state index in [0.717, 1.165) is 5.56 Å². The number of amides is 1. The molecule has 7 heteroatoms. The zero-order chi connectivity index (χ0) is 24.1. The van der Waals surface area contributed by atoms with Gasteiger partial charge in [0.25, 0.3) is 0 Å². The van der Waals surface area contributed by atoms with Crippen LogP contribution in [0.3, 0.4) is 0 Å². The van der Waals surface area contributed by atoms with E-state index in [9.17, 15) is 13.2 Å². The quantitative estimate of drug-likeness (QED) is 0.458. The van der Waals surface area contributed by atoms with Gasteiger partial charge in [0.1, 0.15) is 0 Å². The van der Waals surface area contributed by atoms with E-state index in [-0.39, 0.29) is 22.2 Å². The lowest BCUT2D eigenvalue weighted by Crippen LogP contribution is -2.33. The lowest BCUT2D eigenvalue weighted by molar-refractivity contribution is -0.133. The molecule has 0 fully saturated rings. The molecule has 1 heterocycles. The first-order valence-corrected chi connectivity index (χ1v) is 12.9. The highest BCUT2D eigenvalue weighted by Crippen LogP contribution is 2.23. The summed E-state index contributed by atoms with van der Waals surface area (Å²) in [5, 5.41) is 0.0320. The molecule has 0 aliphatic carbocycles. The molecule has 0 N–H and O–H groups in total. The second-order valence-electron chi connectivity index (χ2n) is 9.49. The van der Waals surface area contributed by atoms with Gasteiger partial charge in [0.2, 0.25) is 20.9 Å². The Balaban J connectivity index is 1.97. The summed E-state index contributed by atoms with van der Waals surface area (Å²) in [4.78, 5) is 19.0. The first-order chi connectivity index (χ1) is 15.6. The fourth-order valence-corrected chi connectivity index (χ4v) is 5.19. The smallest absolute Gasteiger partial charge is 0.228 e. The molecule has 0 bridgehead atoms. The van der Waals surface area contributed by atoms with Crippen molar-refractivity contribution in [3.8, 4) is 0 Å². The molecule has 33 heavy (non-hydrogen) atoms. The van der Waals surface area contributed by atoms with Crippen LogP contribution in [-0.2, 0) is 33.5 Å². The topological polar surface area (TPSA) is 72.3 Å². The Morgan fingerprint density at radius 3 is 2.09 bits per heavy atom. The van der Waals surface area contributed by atoms with Crippen molar-refractivity contribution in [3.05, 3.63) is 83.7 Å². The largest absolute Gasteiger partial charge is 0.337 e. The zero-order valence-corrected chi connectivity index (χ0v) is 20.7. The minimum Gasteiger partial charge on any atom is -0.337 e. The van der Waals surface area contributed by atoms with E-state index in [0.29, 0.717) is 37.3 Å². The SMILES string of the molecule is CCN(Cc1cnc(S(=O)(=O)Cc2ccccc2)n1Cc1ccccc1)C(=O)CC(C)(C)C. The molecule has 0 spiro atoms. The lowest BCUT2D eigenvalue weighted by atomic mass is 9.91. The Kier molecular flexibility index (Phi) is 7.74. The maximum absolute atomic E-state index is 13.3. The van der Waals surface area contributed by atoms with Crippen LogP contribution >= 0.6 is 0 Å². The maximum Gasteiger partial charge on any atom is 0.228 e. The van der Waals surface area contributed by atoms with E-state index in [1.807, 2.05) is 76.2 Å². The van der Waals surface area contributed by atoms with Crippen LogP contribution in [0, 0.1) is 5.41 Å². The lowest BCUT2D eigenvalue weighted by Gasteiger charge is -2.26. The molecule has 1 amide bonds. The third kappa shape index (κ3) is 6.78. The van der Waals surface area contributed by atoms with Crippen LogP contribution in [0.4, 0.5) is 0 Å². The van der Waals surface area contributed by atoms with Gasteiger partial charge in [0.15, 0.2) is 0 Å². The van der Waals surface area contributed by atoms with Crippen molar-refractivity contribution >= 4 is 15.7 Å². The minimum absolute atomic E-state index is 0.0320. The van der Waals surface area contributed by atoms with Crippen LogP contribution in [0.2, 0.25) is 0 Å². The number of sulfone groups is 1. The average molecular weight is 468 g/mol. The van der Waals surface area contributed by atoms with E-state index in [2.05, 4.69) is 4.98 Å². The van der Waals surface area contributed by atoms with Crippen LogP contribution in [0.25, 0.3) is 0 Å². The Bertz CT molecular complexity index is 1160. The van der Waals surface area contributed by atoms with Crippen molar-refractivity contribution < 1.29 is 13.2 Å². The van der Waals surface area contributed by atoms with Crippen molar-refractivity contribution in [3.63, 3.8) is 0 Å². The van der Waals surface area contributed by atoms with Crippen LogP contribution in [0.15, 0.2) is 72.0 Å². The highest BCUT2D eigenvalue weighted by atomic mass is 32.2. The Hall–Kier alpha value is -2.93. The highest BCUT2D eigenvalue weighted by Gasteiger charge is 2.26. The van der Waals surface area contributed by atoms with Crippen LogP contribution in [0.1, 0.15) is 50.9 Å². The molecule has 0 saturated heterocycles. The van der Waals surface area contributed by atoms with E-state index >= 15 is 0 Å². The molecule has 3 rings (SSSR count). The van der Waals surface area contributed by atoms with Gasteiger partial charge in [-0.3, -0.25) is 4.79 Å². The van der Waals surface area contributed by atoms with Gasteiger partial charge in [0, 0.05) is 13.0 Å². The number of nitrogens with zero attached hydrogens (tertiary/aromatic N) is 3. The molecular formula is C26H33N3O3S. The predicted octanol–water partition coefficient (Wildman–Crippen LogP) is 4.69. The van der Waals surface area contributed by atoms with Gasteiger partial charge >= 0.3 is 0 Å². The second-order valence-corrected chi connectivity index (χ2v) is 11.4. The van der Waals surface area contributed by atoms with Crippen LogP contribution in [0.5, 0.6) is 0 Å². The average Bonchev–Trinajstić information content (AvgIpc) is 3.15. The van der Waals surface area contributed by atoms with Gasteiger partial charge in [-0.05, 0) is 23.5 Å². The third-order valence-corrected chi connectivity index (χ3v) is 6.93. The molecule has 0 aliphatic rings. The van der Waals surface area contributed by atoms with Gasteiger partial charge in [-0.15, -0.1) is 0 Å². The predicted molar refractivity (Wildman–Crippen MR) is 130 cm³/mol. The van der Waals surface area contributed by atoms with Crippen LogP contribution < -0.4 is 0 Å². The van der Waals surface area contributed by atoms with Gasteiger partial charge in [-0.2, -0.15) is 0 Å². The number of aromatic nitrogens is 2. The summed E-state index contributed by atoms with van der Waals surface area (Å²) in [5.74, 6) is -0.0781. The van der Waals surface area contributed by atoms with Crippen molar-refractivity contribution in [2.24, 2.45) is 5.41 Å². The Labute approximate surface area is 197 Å². The van der Waals surface area contributed by atoms with Crippen molar-refractivity contribution in [1.29, 1.82) is 0 Å². The summed E-state index contributed by atoms with van der Waals surface area (Å²) < 4.78 is 28.4. The molecule has 0 radical (unpaired) electrons. The molecule has 1 aromatic heterocycles. The van der Waals surface area contributed by atoms with Crippen molar-refractivity contribution in [2.75, 3.05) is 6.54 Å². The molecule has 176 valence electrons. The minimum atomic E-state index is -3.69. The molecule has 0 atom stereocenters. The Morgan fingerprint density at radius 1 is 0.970 bits per heavy atom. The van der Waals surface area contributed by atoms with Gasteiger partial charge in [-0.25, -0.2) is 13.4 Å². The third-order valence-electron chi connectivity index (χ3n) is 5.33. The van der Waals surface area contributed by atoms with Crippen LogP contribution in [-0.4, -0.2) is 35.3 Å². The normalized spacial score (nSPS) is 12.0. The van der Waals surface area contributed by atoms with Crippen molar-refractivity contribution in [1.82, 2.24) is 14.5 Å². The fraction of sp³-hybridized carbons (Fsp3) is 0.385. The number of hydrogen-bond donors (Lipinski definition) is 0. The first-order valence-electron chi connectivity index (χ1n) is 11.2. The van der Waals surface area contributed by atoms with Gasteiger partial charge in [-0.1, -0.05) is 81.4 Å². The van der Waals surface area contributed by atoms with E-state index in [4.69, 9.17) is 0 Å². The van der Waals surface area contributed by atoms with E-state index < -0.39 is 9.84 Å². The standard InChI is InChI=1S/C26H33N3O3S/c1-5-28(24(30)16-26(2,3)4)19-23-17-27-25(29(23)18-21-12-8-6-9-13-21)33(31,32)20-22-14-10-7-11-15-22/h6-15,17H,5,16,18-20H2,1-4H3. The molecule has 0 unspecified atom stereocenters. The highest BCUT2D eigenvalue weighted by molar-refractivity contribution is 7.90. The first kappa shape index (κ1) is 24.7. The molecular weight excluding hydrogens is 434 g/mol. The second kappa shape index (κ2) is 10.3. The summed E-state index contributed by atoms with van der Waals surface area (Å²) in [6, 6.07) is 18.8. The molecule has 3 aromatic rings. The number of benzene rings is 2. The van der Waals surface area contributed by atoms with Gasteiger partial charge < -0.3 is 9.47 Å². The number of imidazole rings is 1.